The molecule has 20 heavy (non-hydrogen) atoms. The van der Waals surface area contributed by atoms with E-state index in [0.717, 1.165) is 24.7 Å². The van der Waals surface area contributed by atoms with E-state index in [1.54, 1.807) is 0 Å². The van der Waals surface area contributed by atoms with Crippen molar-refractivity contribution in [2.24, 2.45) is 18.9 Å². The molecule has 0 amide bonds. The van der Waals surface area contributed by atoms with Crippen LogP contribution in [0.2, 0.25) is 0 Å². The Bertz CT molecular complexity index is 441. The monoisotopic (exact) mass is 341 g/mol. The van der Waals surface area contributed by atoms with Crippen LogP contribution in [0.3, 0.4) is 0 Å². The van der Waals surface area contributed by atoms with Gasteiger partial charge in [-0.3, -0.25) is 4.68 Å². The van der Waals surface area contributed by atoms with Gasteiger partial charge in [0, 0.05) is 19.5 Å². The highest BCUT2D eigenvalue weighted by atomic mass is 79.9. The smallest absolute Gasteiger partial charge is 0.0766 e. The highest BCUT2D eigenvalue weighted by molar-refractivity contribution is 9.10. The first-order valence-electron chi connectivity index (χ1n) is 7.94. The summed E-state index contributed by atoms with van der Waals surface area (Å²) in [5.41, 5.74) is 2.51. The van der Waals surface area contributed by atoms with Gasteiger partial charge in [-0.15, -0.1) is 0 Å². The number of likely N-dealkylation sites (N-methyl/N-ethyl adjacent to an activating group) is 1. The topological polar surface area (TPSA) is 29.9 Å². The van der Waals surface area contributed by atoms with Gasteiger partial charge in [-0.2, -0.15) is 5.10 Å². The Labute approximate surface area is 131 Å². The maximum absolute atomic E-state index is 4.62. The van der Waals surface area contributed by atoms with Gasteiger partial charge in [-0.05, 0) is 54.1 Å². The van der Waals surface area contributed by atoms with Crippen molar-refractivity contribution in [1.29, 1.82) is 0 Å². The SMILES string of the molecule is CCc1nn(C)c(CC(NC)C2CCCC(C)C2)c1Br. The van der Waals surface area contributed by atoms with Gasteiger partial charge in [0.25, 0.3) is 0 Å². The molecular weight excluding hydrogens is 314 g/mol. The molecule has 1 fully saturated rings. The lowest BCUT2D eigenvalue weighted by atomic mass is 9.77. The molecule has 1 aliphatic rings. The minimum absolute atomic E-state index is 0.564. The molecule has 0 bridgehead atoms. The normalized spacial score (nSPS) is 24.9. The van der Waals surface area contributed by atoms with E-state index >= 15 is 0 Å². The third kappa shape index (κ3) is 3.45. The fourth-order valence-corrected chi connectivity index (χ4v) is 4.38. The van der Waals surface area contributed by atoms with Crippen molar-refractivity contribution in [3.63, 3.8) is 0 Å². The van der Waals surface area contributed by atoms with E-state index in [-0.39, 0.29) is 0 Å². The molecule has 0 radical (unpaired) electrons. The van der Waals surface area contributed by atoms with Crippen molar-refractivity contribution in [2.75, 3.05) is 7.05 Å². The molecule has 3 atom stereocenters. The number of aromatic nitrogens is 2. The van der Waals surface area contributed by atoms with Gasteiger partial charge in [0.05, 0.1) is 15.9 Å². The van der Waals surface area contributed by atoms with Crippen LogP contribution in [0.5, 0.6) is 0 Å². The lowest BCUT2D eigenvalue weighted by molar-refractivity contribution is 0.225. The Kier molecular flexibility index (Phi) is 5.67. The molecule has 1 aromatic rings. The number of halogens is 1. The van der Waals surface area contributed by atoms with Crippen molar-refractivity contribution in [1.82, 2.24) is 15.1 Å². The van der Waals surface area contributed by atoms with E-state index in [2.05, 4.69) is 59.0 Å². The Hall–Kier alpha value is -0.350. The summed E-state index contributed by atoms with van der Waals surface area (Å²) in [7, 11) is 4.17. The van der Waals surface area contributed by atoms with Crippen LogP contribution in [0.15, 0.2) is 4.47 Å². The minimum atomic E-state index is 0.564. The molecule has 0 aromatic carbocycles. The van der Waals surface area contributed by atoms with E-state index in [1.807, 2.05) is 0 Å². The van der Waals surface area contributed by atoms with Crippen LogP contribution in [0.25, 0.3) is 0 Å². The second-order valence-electron chi connectivity index (χ2n) is 6.32. The van der Waals surface area contributed by atoms with Crippen LogP contribution in [-0.4, -0.2) is 22.9 Å². The van der Waals surface area contributed by atoms with Crippen molar-refractivity contribution >= 4 is 15.9 Å². The van der Waals surface area contributed by atoms with E-state index in [1.165, 1.54) is 41.5 Å². The first-order valence-corrected chi connectivity index (χ1v) is 8.73. The molecule has 3 unspecified atom stereocenters. The molecule has 1 aromatic heterocycles. The van der Waals surface area contributed by atoms with Crippen molar-refractivity contribution in [3.05, 3.63) is 15.9 Å². The standard InChI is InChI=1S/C16H28BrN3/c1-5-13-16(17)15(20(4)19-13)10-14(18-3)12-8-6-7-11(2)9-12/h11-12,14,18H,5-10H2,1-4H3. The highest BCUT2D eigenvalue weighted by Gasteiger charge is 2.27. The van der Waals surface area contributed by atoms with Crippen LogP contribution in [0.1, 0.15) is 50.9 Å². The minimum Gasteiger partial charge on any atom is -0.316 e. The average Bonchev–Trinajstić information content (AvgIpc) is 2.71. The zero-order valence-electron chi connectivity index (χ0n) is 13.2. The summed E-state index contributed by atoms with van der Waals surface area (Å²) in [4.78, 5) is 0. The molecule has 1 heterocycles. The molecule has 1 aliphatic carbocycles. The quantitative estimate of drug-likeness (QED) is 0.884. The predicted octanol–water partition coefficient (Wildman–Crippen LogP) is 3.70. The van der Waals surface area contributed by atoms with Crippen LogP contribution < -0.4 is 5.32 Å². The summed E-state index contributed by atoms with van der Waals surface area (Å²) >= 11 is 3.74. The molecule has 114 valence electrons. The van der Waals surface area contributed by atoms with E-state index in [9.17, 15) is 0 Å². The van der Waals surface area contributed by atoms with Gasteiger partial charge >= 0.3 is 0 Å². The molecular formula is C16H28BrN3. The maximum atomic E-state index is 4.62. The summed E-state index contributed by atoms with van der Waals surface area (Å²) in [5, 5.41) is 8.18. The third-order valence-corrected chi connectivity index (χ3v) is 5.75. The van der Waals surface area contributed by atoms with Gasteiger partial charge < -0.3 is 5.32 Å². The lowest BCUT2D eigenvalue weighted by Crippen LogP contribution is -2.38. The number of hydrogen-bond acceptors (Lipinski definition) is 2. The van der Waals surface area contributed by atoms with Gasteiger partial charge in [0.1, 0.15) is 0 Å². The number of rotatable bonds is 5. The van der Waals surface area contributed by atoms with Gasteiger partial charge in [-0.25, -0.2) is 0 Å². The average molecular weight is 342 g/mol. The van der Waals surface area contributed by atoms with Gasteiger partial charge in [-0.1, -0.05) is 26.7 Å². The zero-order chi connectivity index (χ0) is 14.7. The van der Waals surface area contributed by atoms with Crippen LogP contribution >= 0.6 is 15.9 Å². The molecule has 0 saturated heterocycles. The summed E-state index contributed by atoms with van der Waals surface area (Å²) in [6.07, 6.45) is 7.57. The predicted molar refractivity (Wildman–Crippen MR) is 88.0 cm³/mol. The Morgan fingerprint density at radius 1 is 1.45 bits per heavy atom. The summed E-state index contributed by atoms with van der Waals surface area (Å²) in [5.74, 6) is 1.68. The molecule has 3 nitrogen and oxygen atoms in total. The largest absolute Gasteiger partial charge is 0.316 e. The van der Waals surface area contributed by atoms with Gasteiger partial charge in [0.15, 0.2) is 0 Å². The molecule has 1 saturated carbocycles. The fourth-order valence-electron chi connectivity index (χ4n) is 3.60. The van der Waals surface area contributed by atoms with Crippen molar-refractivity contribution < 1.29 is 0 Å². The molecule has 4 heteroatoms. The van der Waals surface area contributed by atoms with Crippen LogP contribution in [0, 0.1) is 11.8 Å². The van der Waals surface area contributed by atoms with Crippen LogP contribution in [-0.2, 0) is 19.9 Å². The molecule has 2 rings (SSSR count). The van der Waals surface area contributed by atoms with Crippen molar-refractivity contribution in [3.8, 4) is 0 Å². The van der Waals surface area contributed by atoms with E-state index < -0.39 is 0 Å². The lowest BCUT2D eigenvalue weighted by Gasteiger charge is -2.33. The second kappa shape index (κ2) is 7.08. The maximum Gasteiger partial charge on any atom is 0.0766 e. The number of nitrogens with one attached hydrogen (secondary N) is 1. The van der Waals surface area contributed by atoms with Gasteiger partial charge in [0.2, 0.25) is 0 Å². The number of hydrogen-bond donors (Lipinski definition) is 1. The number of nitrogens with zero attached hydrogens (tertiary/aromatic N) is 2. The van der Waals surface area contributed by atoms with E-state index in [0.29, 0.717) is 6.04 Å². The highest BCUT2D eigenvalue weighted by Crippen LogP contribution is 2.33. The van der Waals surface area contributed by atoms with Crippen molar-refractivity contribution in [2.45, 2.75) is 58.4 Å². The third-order valence-electron chi connectivity index (χ3n) is 4.83. The molecule has 1 N–H and O–H groups in total. The molecule has 0 spiro atoms. The molecule has 0 aliphatic heterocycles. The first kappa shape index (κ1) is 16.0. The van der Waals surface area contributed by atoms with E-state index in [4.69, 9.17) is 0 Å². The number of aryl methyl sites for hydroxylation is 2. The van der Waals surface area contributed by atoms with Crippen LogP contribution in [0.4, 0.5) is 0 Å². The summed E-state index contributed by atoms with van der Waals surface area (Å²) in [6, 6.07) is 0.564. The first-order chi connectivity index (χ1) is 9.56. The Morgan fingerprint density at radius 2 is 2.20 bits per heavy atom. The Balaban J connectivity index is 2.11. The summed E-state index contributed by atoms with van der Waals surface area (Å²) < 4.78 is 3.27. The fraction of sp³-hybridized carbons (Fsp3) is 0.812. The zero-order valence-corrected chi connectivity index (χ0v) is 14.8. The Morgan fingerprint density at radius 3 is 2.75 bits per heavy atom. The second-order valence-corrected chi connectivity index (χ2v) is 7.11. The summed E-state index contributed by atoms with van der Waals surface area (Å²) in [6.45, 7) is 4.56.